The van der Waals surface area contributed by atoms with Gasteiger partial charge in [-0.1, -0.05) is 36.5 Å². The van der Waals surface area contributed by atoms with E-state index in [-0.39, 0.29) is 22.2 Å². The first kappa shape index (κ1) is 16.3. The zero-order valence-corrected chi connectivity index (χ0v) is 13.6. The Morgan fingerprint density at radius 3 is 2.43 bits per heavy atom. The molecule has 3 N–H and O–H groups in total. The Balaban J connectivity index is 2.02. The molecule has 0 aromatic heterocycles. The van der Waals surface area contributed by atoms with Crippen LogP contribution in [0.1, 0.15) is 17.5 Å². The van der Waals surface area contributed by atoms with Crippen LogP contribution in [-0.2, 0) is 25.6 Å². The van der Waals surface area contributed by atoms with Crippen molar-refractivity contribution in [3.05, 3.63) is 35.4 Å². The lowest BCUT2D eigenvalue weighted by Gasteiger charge is -2.11. The Morgan fingerprint density at radius 1 is 1.33 bits per heavy atom. The maximum Gasteiger partial charge on any atom is 0.216 e. The molecule has 1 heterocycles. The number of rotatable bonds is 5. The van der Waals surface area contributed by atoms with E-state index in [1.807, 2.05) is 0 Å². The average molecular weight is 348 g/mol. The van der Waals surface area contributed by atoms with Gasteiger partial charge in [0.05, 0.1) is 17.3 Å². The third-order valence-corrected chi connectivity index (χ3v) is 6.58. The second-order valence-corrected chi connectivity index (χ2v) is 9.46. The highest BCUT2D eigenvalue weighted by atomic mass is 32.2. The van der Waals surface area contributed by atoms with Crippen molar-refractivity contribution in [1.82, 2.24) is 4.72 Å². The van der Waals surface area contributed by atoms with E-state index in [0.29, 0.717) is 17.5 Å². The van der Waals surface area contributed by atoms with Crippen LogP contribution >= 0.6 is 12.2 Å². The van der Waals surface area contributed by atoms with Gasteiger partial charge in [0.25, 0.3) is 0 Å². The first-order valence-corrected chi connectivity index (χ1v) is 10.1. The molecule has 1 saturated heterocycles. The Bertz CT molecular complexity index is 739. The Morgan fingerprint density at radius 2 is 1.95 bits per heavy atom. The van der Waals surface area contributed by atoms with Crippen molar-refractivity contribution in [2.45, 2.75) is 18.2 Å². The minimum Gasteiger partial charge on any atom is -0.389 e. The number of nitrogens with one attached hydrogen (secondary N) is 1. The van der Waals surface area contributed by atoms with E-state index in [1.165, 1.54) is 0 Å². The predicted molar refractivity (Wildman–Crippen MR) is 85.1 cm³/mol. The van der Waals surface area contributed by atoms with Gasteiger partial charge in [-0.2, -0.15) is 0 Å². The summed E-state index contributed by atoms with van der Waals surface area (Å²) in [6.07, 6.45) is 0.321. The van der Waals surface area contributed by atoms with Crippen LogP contribution in [-0.4, -0.2) is 39.4 Å². The van der Waals surface area contributed by atoms with Gasteiger partial charge < -0.3 is 5.73 Å². The van der Waals surface area contributed by atoms with Crippen molar-refractivity contribution >= 4 is 37.1 Å². The number of sulfonamides is 1. The molecule has 21 heavy (non-hydrogen) atoms. The SMILES string of the molecule is NC(=S)c1ccc(CS(=O)(=O)NC2CCS(=O)(=O)C2)cc1. The summed E-state index contributed by atoms with van der Waals surface area (Å²) in [5.74, 6) is -0.309. The fourth-order valence-electron chi connectivity index (χ4n) is 2.17. The fraction of sp³-hybridized carbons (Fsp3) is 0.417. The standard InChI is InChI=1S/C12H16N2O4S3/c13-12(19)10-3-1-9(2-4-10)7-21(17,18)14-11-5-6-20(15,16)8-11/h1-4,11,14H,5-8H2,(H2,13,19). The van der Waals surface area contributed by atoms with E-state index in [0.717, 1.165) is 0 Å². The topological polar surface area (TPSA) is 106 Å². The summed E-state index contributed by atoms with van der Waals surface area (Å²) < 4.78 is 49.2. The molecule has 9 heteroatoms. The molecule has 1 aliphatic heterocycles. The van der Waals surface area contributed by atoms with E-state index < -0.39 is 25.9 Å². The van der Waals surface area contributed by atoms with Crippen molar-refractivity contribution in [1.29, 1.82) is 0 Å². The monoisotopic (exact) mass is 348 g/mol. The van der Waals surface area contributed by atoms with Gasteiger partial charge in [0.1, 0.15) is 4.99 Å². The average Bonchev–Trinajstić information content (AvgIpc) is 2.67. The van der Waals surface area contributed by atoms with Gasteiger partial charge in [-0.25, -0.2) is 21.6 Å². The second kappa shape index (κ2) is 5.99. The number of thiocarbonyl (C=S) groups is 1. The first-order chi connectivity index (χ1) is 9.67. The predicted octanol–water partition coefficient (Wildman–Crippen LogP) is -0.0727. The third-order valence-electron chi connectivity index (χ3n) is 3.17. The minimum atomic E-state index is -3.58. The normalized spacial score (nSPS) is 21.2. The van der Waals surface area contributed by atoms with Crippen LogP contribution in [0.2, 0.25) is 0 Å². The summed E-state index contributed by atoms with van der Waals surface area (Å²) in [4.78, 5) is 0.249. The van der Waals surface area contributed by atoms with Gasteiger partial charge in [0.2, 0.25) is 10.0 Å². The molecule has 1 aromatic rings. The van der Waals surface area contributed by atoms with Gasteiger partial charge in [0, 0.05) is 11.6 Å². The lowest BCUT2D eigenvalue weighted by Crippen LogP contribution is -2.36. The van der Waals surface area contributed by atoms with Gasteiger partial charge >= 0.3 is 0 Å². The summed E-state index contributed by atoms with van der Waals surface area (Å²) in [5.41, 5.74) is 6.72. The number of sulfone groups is 1. The summed E-state index contributed by atoms with van der Waals surface area (Å²) in [6, 6.07) is 6.06. The maximum absolute atomic E-state index is 12.0. The molecular weight excluding hydrogens is 332 g/mol. The van der Waals surface area contributed by atoms with Crippen LogP contribution in [0.4, 0.5) is 0 Å². The van der Waals surface area contributed by atoms with Crippen molar-refractivity contribution in [3.63, 3.8) is 0 Å². The van der Waals surface area contributed by atoms with Crippen LogP contribution < -0.4 is 10.5 Å². The third kappa shape index (κ3) is 4.73. The second-order valence-electron chi connectivity index (χ2n) is 5.04. The van der Waals surface area contributed by atoms with Crippen LogP contribution in [0.15, 0.2) is 24.3 Å². The molecule has 0 radical (unpaired) electrons. The summed E-state index contributed by atoms with van der Waals surface area (Å²) >= 11 is 4.82. The number of nitrogens with two attached hydrogens (primary N) is 1. The molecule has 0 amide bonds. The van der Waals surface area contributed by atoms with Gasteiger partial charge in [-0.3, -0.25) is 0 Å². The molecule has 2 rings (SSSR count). The Hall–Kier alpha value is -1.03. The zero-order chi connectivity index (χ0) is 15.7. The smallest absolute Gasteiger partial charge is 0.216 e. The molecule has 6 nitrogen and oxygen atoms in total. The van der Waals surface area contributed by atoms with E-state index in [4.69, 9.17) is 18.0 Å². The van der Waals surface area contributed by atoms with Crippen molar-refractivity contribution < 1.29 is 16.8 Å². The van der Waals surface area contributed by atoms with Crippen LogP contribution in [0.25, 0.3) is 0 Å². The van der Waals surface area contributed by atoms with Crippen LogP contribution in [0.5, 0.6) is 0 Å². The molecule has 1 atom stereocenters. The van der Waals surface area contributed by atoms with E-state index >= 15 is 0 Å². The van der Waals surface area contributed by atoms with Crippen molar-refractivity contribution in [2.75, 3.05) is 11.5 Å². The molecule has 1 aromatic carbocycles. The number of hydrogen-bond donors (Lipinski definition) is 2. The largest absolute Gasteiger partial charge is 0.389 e. The molecule has 0 bridgehead atoms. The van der Waals surface area contributed by atoms with E-state index in [9.17, 15) is 16.8 Å². The Labute approximate surface area is 129 Å². The summed E-state index contributed by atoms with van der Waals surface area (Å²) in [7, 11) is -6.69. The van der Waals surface area contributed by atoms with Crippen molar-refractivity contribution in [2.24, 2.45) is 5.73 Å². The van der Waals surface area contributed by atoms with E-state index in [2.05, 4.69) is 4.72 Å². The molecule has 1 fully saturated rings. The van der Waals surface area contributed by atoms with Gasteiger partial charge in [0.15, 0.2) is 9.84 Å². The summed E-state index contributed by atoms with van der Waals surface area (Å²) in [6.45, 7) is 0. The minimum absolute atomic E-state index is 0.0306. The molecule has 1 aliphatic rings. The van der Waals surface area contributed by atoms with Gasteiger partial charge in [-0.15, -0.1) is 0 Å². The molecule has 0 aliphatic carbocycles. The van der Waals surface area contributed by atoms with E-state index in [1.54, 1.807) is 24.3 Å². The van der Waals surface area contributed by atoms with Gasteiger partial charge in [-0.05, 0) is 12.0 Å². The van der Waals surface area contributed by atoms with Crippen LogP contribution in [0.3, 0.4) is 0 Å². The highest BCUT2D eigenvalue weighted by Gasteiger charge is 2.30. The first-order valence-electron chi connectivity index (χ1n) is 6.26. The zero-order valence-electron chi connectivity index (χ0n) is 11.2. The highest BCUT2D eigenvalue weighted by Crippen LogP contribution is 2.14. The summed E-state index contributed by atoms with van der Waals surface area (Å²) in [5, 5.41) is 0. The quantitative estimate of drug-likeness (QED) is 0.721. The fourth-order valence-corrected chi connectivity index (χ4v) is 5.51. The molecular formula is C12H16N2O4S3. The van der Waals surface area contributed by atoms with Crippen molar-refractivity contribution in [3.8, 4) is 0 Å². The maximum atomic E-state index is 12.0. The Kier molecular flexibility index (Phi) is 4.66. The van der Waals surface area contributed by atoms with Crippen LogP contribution in [0, 0.1) is 0 Å². The molecule has 1 unspecified atom stereocenters. The molecule has 0 spiro atoms. The highest BCUT2D eigenvalue weighted by molar-refractivity contribution is 7.92. The number of benzene rings is 1. The lowest BCUT2D eigenvalue weighted by molar-refractivity contribution is 0.561. The number of hydrogen-bond acceptors (Lipinski definition) is 5. The molecule has 116 valence electrons. The lowest BCUT2D eigenvalue weighted by atomic mass is 10.1. The molecule has 0 saturated carbocycles.